The summed E-state index contributed by atoms with van der Waals surface area (Å²) in [6.45, 7) is 4.09. The summed E-state index contributed by atoms with van der Waals surface area (Å²) in [6, 6.07) is 7.34. The third-order valence-electron chi connectivity index (χ3n) is 5.58. The molecule has 1 aliphatic heterocycles. The van der Waals surface area contributed by atoms with Crippen LogP contribution in [-0.2, 0) is 11.8 Å². The van der Waals surface area contributed by atoms with Gasteiger partial charge in [-0.05, 0) is 29.5 Å². The number of rotatable bonds is 2. The SMILES string of the molecule is COc1ccc([C@H]2C3=C(CC(C)(C)CC3=O)Nc3c2c(=O)[nH]c(=O)n3C)cc1. The van der Waals surface area contributed by atoms with Crippen LogP contribution in [0.15, 0.2) is 45.1 Å². The first-order chi connectivity index (χ1) is 13.2. The number of Topliss-reactive ketones (excluding diaryl/α,β-unsaturated/α-hetero) is 1. The second-order valence-electron chi connectivity index (χ2n) is 8.24. The van der Waals surface area contributed by atoms with Gasteiger partial charge in [-0.25, -0.2) is 4.79 Å². The van der Waals surface area contributed by atoms with Crippen LogP contribution in [0.2, 0.25) is 0 Å². The monoisotopic (exact) mass is 381 g/mol. The number of carbonyl (C=O) groups excluding carboxylic acids is 1. The van der Waals surface area contributed by atoms with Crippen LogP contribution in [0.25, 0.3) is 0 Å². The van der Waals surface area contributed by atoms with E-state index in [2.05, 4.69) is 10.3 Å². The lowest BCUT2D eigenvalue weighted by atomic mass is 9.69. The highest BCUT2D eigenvalue weighted by atomic mass is 16.5. The molecule has 146 valence electrons. The van der Waals surface area contributed by atoms with Crippen LogP contribution in [0.5, 0.6) is 5.75 Å². The second kappa shape index (κ2) is 6.22. The van der Waals surface area contributed by atoms with E-state index < -0.39 is 17.2 Å². The van der Waals surface area contributed by atoms with E-state index in [4.69, 9.17) is 4.74 Å². The number of anilines is 1. The average molecular weight is 381 g/mol. The van der Waals surface area contributed by atoms with Crippen LogP contribution >= 0.6 is 0 Å². The van der Waals surface area contributed by atoms with Gasteiger partial charge in [-0.1, -0.05) is 26.0 Å². The highest BCUT2D eigenvalue weighted by Crippen LogP contribution is 2.47. The first-order valence-corrected chi connectivity index (χ1v) is 9.22. The molecule has 0 spiro atoms. The van der Waals surface area contributed by atoms with Crippen LogP contribution in [-0.4, -0.2) is 22.4 Å². The molecule has 4 rings (SSSR count). The van der Waals surface area contributed by atoms with Gasteiger partial charge in [0.05, 0.1) is 12.7 Å². The Morgan fingerprint density at radius 3 is 2.43 bits per heavy atom. The zero-order valence-corrected chi connectivity index (χ0v) is 16.4. The maximum absolute atomic E-state index is 13.1. The molecule has 0 bridgehead atoms. The van der Waals surface area contributed by atoms with Crippen molar-refractivity contribution >= 4 is 11.6 Å². The first kappa shape index (κ1) is 18.3. The summed E-state index contributed by atoms with van der Waals surface area (Å²) in [5.74, 6) is 0.631. The molecule has 2 heterocycles. The third-order valence-corrected chi connectivity index (χ3v) is 5.58. The number of ketones is 1. The summed E-state index contributed by atoms with van der Waals surface area (Å²) in [6.07, 6.45) is 1.08. The molecule has 1 aromatic carbocycles. The smallest absolute Gasteiger partial charge is 0.329 e. The molecular formula is C21H23N3O4. The number of H-pyrrole nitrogens is 1. The summed E-state index contributed by atoms with van der Waals surface area (Å²) in [7, 11) is 3.19. The van der Waals surface area contributed by atoms with Crippen molar-refractivity contribution in [1.29, 1.82) is 0 Å². The minimum absolute atomic E-state index is 0.0264. The fraction of sp³-hybridized carbons (Fsp3) is 0.381. The van der Waals surface area contributed by atoms with Crippen LogP contribution < -0.4 is 21.3 Å². The number of aromatic nitrogens is 2. The van der Waals surface area contributed by atoms with Gasteiger partial charge >= 0.3 is 5.69 Å². The lowest BCUT2D eigenvalue weighted by Crippen LogP contribution is -2.41. The molecule has 2 N–H and O–H groups in total. The summed E-state index contributed by atoms with van der Waals surface area (Å²) in [5, 5.41) is 3.23. The van der Waals surface area contributed by atoms with Gasteiger partial charge in [0.15, 0.2) is 5.78 Å². The predicted octanol–water partition coefficient (Wildman–Crippen LogP) is 2.28. The van der Waals surface area contributed by atoms with E-state index in [1.165, 1.54) is 4.57 Å². The number of nitrogens with zero attached hydrogens (tertiary/aromatic N) is 1. The van der Waals surface area contributed by atoms with E-state index in [9.17, 15) is 14.4 Å². The molecule has 28 heavy (non-hydrogen) atoms. The van der Waals surface area contributed by atoms with Crippen molar-refractivity contribution in [1.82, 2.24) is 9.55 Å². The Balaban J connectivity index is 2.01. The Morgan fingerprint density at radius 1 is 1.11 bits per heavy atom. The molecule has 7 heteroatoms. The van der Waals surface area contributed by atoms with E-state index in [-0.39, 0.29) is 11.2 Å². The number of fused-ring (bicyclic) bond motifs is 1. The fourth-order valence-electron chi connectivity index (χ4n) is 4.26. The zero-order chi connectivity index (χ0) is 20.2. The quantitative estimate of drug-likeness (QED) is 0.833. The van der Waals surface area contributed by atoms with Gasteiger partial charge in [0, 0.05) is 30.7 Å². The van der Waals surface area contributed by atoms with Crippen LogP contribution in [0.4, 0.5) is 5.82 Å². The van der Waals surface area contributed by atoms with Crippen LogP contribution in [0, 0.1) is 5.41 Å². The third kappa shape index (κ3) is 2.78. The highest BCUT2D eigenvalue weighted by molar-refractivity contribution is 6.01. The van der Waals surface area contributed by atoms with Crippen molar-refractivity contribution in [3.05, 3.63) is 67.5 Å². The van der Waals surface area contributed by atoms with Gasteiger partial charge in [0.25, 0.3) is 5.56 Å². The van der Waals surface area contributed by atoms with Crippen molar-refractivity contribution in [3.8, 4) is 5.75 Å². The summed E-state index contributed by atoms with van der Waals surface area (Å²) < 4.78 is 6.63. The number of hydrogen-bond donors (Lipinski definition) is 2. The largest absolute Gasteiger partial charge is 0.497 e. The van der Waals surface area contributed by atoms with E-state index in [0.717, 1.165) is 11.3 Å². The van der Waals surface area contributed by atoms with Crippen molar-refractivity contribution < 1.29 is 9.53 Å². The number of nitrogens with one attached hydrogen (secondary N) is 2. The lowest BCUT2D eigenvalue weighted by molar-refractivity contribution is -0.118. The normalized spacial score (nSPS) is 20.3. The average Bonchev–Trinajstić information content (AvgIpc) is 2.63. The number of aromatic amines is 1. The molecule has 0 radical (unpaired) electrons. The van der Waals surface area contributed by atoms with Crippen molar-refractivity contribution in [2.75, 3.05) is 12.4 Å². The molecule has 2 aliphatic rings. The first-order valence-electron chi connectivity index (χ1n) is 9.22. The van der Waals surface area contributed by atoms with Crippen molar-refractivity contribution in [2.45, 2.75) is 32.6 Å². The topological polar surface area (TPSA) is 93.2 Å². The molecule has 0 amide bonds. The number of benzene rings is 1. The van der Waals surface area contributed by atoms with E-state index in [1.807, 2.05) is 38.1 Å². The Bertz CT molecular complexity index is 1120. The van der Waals surface area contributed by atoms with E-state index >= 15 is 0 Å². The number of carbonyl (C=O) groups is 1. The van der Waals surface area contributed by atoms with Gasteiger partial charge in [-0.3, -0.25) is 19.1 Å². The van der Waals surface area contributed by atoms with Gasteiger partial charge in [-0.2, -0.15) is 0 Å². The van der Waals surface area contributed by atoms with E-state index in [0.29, 0.717) is 35.5 Å². The van der Waals surface area contributed by atoms with E-state index in [1.54, 1.807) is 14.2 Å². The standard InChI is InChI=1S/C21H23N3O4/c1-21(2)9-13-16(14(25)10-21)15(11-5-7-12(28-4)8-6-11)17-18(22-13)24(3)20(27)23-19(17)26/h5-8,15,22H,9-10H2,1-4H3,(H,23,26,27)/t15-/m0/s1. The Kier molecular flexibility index (Phi) is 4.06. The molecule has 0 fully saturated rings. The molecular weight excluding hydrogens is 358 g/mol. The minimum atomic E-state index is -0.531. The fourth-order valence-corrected chi connectivity index (χ4v) is 4.26. The van der Waals surface area contributed by atoms with Crippen molar-refractivity contribution in [3.63, 3.8) is 0 Å². The molecule has 1 aromatic heterocycles. The van der Waals surface area contributed by atoms with Crippen LogP contribution in [0.3, 0.4) is 0 Å². The van der Waals surface area contributed by atoms with Crippen molar-refractivity contribution in [2.24, 2.45) is 12.5 Å². The van der Waals surface area contributed by atoms with Gasteiger partial charge in [0.2, 0.25) is 0 Å². The lowest BCUT2D eigenvalue weighted by Gasteiger charge is -2.39. The molecule has 1 atom stereocenters. The summed E-state index contributed by atoms with van der Waals surface area (Å²) in [4.78, 5) is 40.4. The maximum atomic E-state index is 13.1. The molecule has 0 saturated heterocycles. The number of ether oxygens (including phenoxy) is 1. The van der Waals surface area contributed by atoms with Gasteiger partial charge < -0.3 is 10.1 Å². The number of allylic oxidation sites excluding steroid dienone is 2. The summed E-state index contributed by atoms with van der Waals surface area (Å²) >= 11 is 0. The van der Waals surface area contributed by atoms with Gasteiger partial charge in [0.1, 0.15) is 11.6 Å². The zero-order valence-electron chi connectivity index (χ0n) is 16.4. The predicted molar refractivity (Wildman–Crippen MR) is 106 cm³/mol. The number of hydrogen-bond acceptors (Lipinski definition) is 5. The van der Waals surface area contributed by atoms with Crippen LogP contribution in [0.1, 0.15) is 43.7 Å². The molecule has 7 nitrogen and oxygen atoms in total. The molecule has 2 aromatic rings. The Hall–Kier alpha value is -3.09. The maximum Gasteiger partial charge on any atom is 0.329 e. The summed E-state index contributed by atoms with van der Waals surface area (Å²) in [5.41, 5.74) is 1.44. The highest BCUT2D eigenvalue weighted by Gasteiger charge is 2.42. The number of methoxy groups -OCH3 is 1. The molecule has 1 aliphatic carbocycles. The Morgan fingerprint density at radius 2 is 1.79 bits per heavy atom. The Labute approximate surface area is 162 Å². The second-order valence-corrected chi connectivity index (χ2v) is 8.24. The minimum Gasteiger partial charge on any atom is -0.497 e. The molecule has 0 unspecified atom stereocenters. The molecule has 0 saturated carbocycles. The van der Waals surface area contributed by atoms with Gasteiger partial charge in [-0.15, -0.1) is 0 Å².